The van der Waals surface area contributed by atoms with Gasteiger partial charge in [-0.2, -0.15) is 5.26 Å². The molecule has 0 saturated carbocycles. The fourth-order valence-corrected chi connectivity index (χ4v) is 2.15. The third kappa shape index (κ3) is 3.97. The Morgan fingerprint density at radius 3 is 2.56 bits per heavy atom. The van der Waals surface area contributed by atoms with Gasteiger partial charge in [-0.15, -0.1) is 0 Å². The quantitative estimate of drug-likeness (QED) is 0.787. The second-order valence-electron chi connectivity index (χ2n) is 4.97. The lowest BCUT2D eigenvalue weighted by molar-refractivity contribution is -0.137. The van der Waals surface area contributed by atoms with E-state index in [9.17, 15) is 4.79 Å². The lowest BCUT2D eigenvalue weighted by Crippen LogP contribution is -2.44. The summed E-state index contributed by atoms with van der Waals surface area (Å²) in [5, 5.41) is 17.7. The Morgan fingerprint density at radius 2 is 2.11 bits per heavy atom. The first-order chi connectivity index (χ1) is 8.60. The minimum atomic E-state index is -0.542. The normalized spacial score (nSPS) is 18.7. The number of aliphatic hydroxyl groups excluding tert-OH is 1. The van der Waals surface area contributed by atoms with Gasteiger partial charge < -0.3 is 14.7 Å². The predicted octanol–water partition coefficient (Wildman–Crippen LogP) is 0.782. The highest BCUT2D eigenvalue weighted by Crippen LogP contribution is 2.19. The topological polar surface area (TPSA) is 73.6 Å². The zero-order valence-electron chi connectivity index (χ0n) is 11.1. The molecule has 1 atom stereocenters. The number of aliphatic hydroxyl groups is 1. The van der Waals surface area contributed by atoms with Crippen LogP contribution in [0.4, 0.5) is 0 Å². The molecule has 0 aromatic carbocycles. The highest BCUT2D eigenvalue weighted by atomic mass is 16.5. The molecule has 5 heteroatoms. The Hall–Kier alpha value is -1.12. The van der Waals surface area contributed by atoms with E-state index in [-0.39, 0.29) is 24.5 Å². The van der Waals surface area contributed by atoms with E-state index >= 15 is 0 Å². The SMILES string of the molecule is CC(C)C(C#N)C(=O)N1CCC(OCCO)CC1. The minimum Gasteiger partial charge on any atom is -0.394 e. The summed E-state index contributed by atoms with van der Waals surface area (Å²) >= 11 is 0. The van der Waals surface area contributed by atoms with Crippen LogP contribution in [-0.2, 0) is 9.53 Å². The van der Waals surface area contributed by atoms with Gasteiger partial charge in [-0.25, -0.2) is 0 Å². The third-order valence-corrected chi connectivity index (χ3v) is 3.27. The summed E-state index contributed by atoms with van der Waals surface area (Å²) < 4.78 is 5.44. The molecule has 0 bridgehead atoms. The molecule has 1 N–H and O–H groups in total. The zero-order valence-corrected chi connectivity index (χ0v) is 11.1. The van der Waals surface area contributed by atoms with Gasteiger partial charge in [-0.1, -0.05) is 13.8 Å². The Kier molecular flexibility index (Phi) is 6.10. The monoisotopic (exact) mass is 254 g/mol. The van der Waals surface area contributed by atoms with Crippen molar-refractivity contribution in [1.29, 1.82) is 5.26 Å². The minimum absolute atomic E-state index is 0.0308. The molecule has 1 fully saturated rings. The number of carbonyl (C=O) groups is 1. The van der Waals surface area contributed by atoms with Crippen molar-refractivity contribution in [2.24, 2.45) is 11.8 Å². The Bertz CT molecular complexity index is 304. The second-order valence-corrected chi connectivity index (χ2v) is 4.97. The van der Waals surface area contributed by atoms with Crippen LogP contribution in [0.1, 0.15) is 26.7 Å². The molecule has 0 radical (unpaired) electrons. The molecular weight excluding hydrogens is 232 g/mol. The zero-order chi connectivity index (χ0) is 13.5. The standard InChI is InChI=1S/C13H22N2O3/c1-10(2)12(9-14)13(17)15-5-3-11(4-6-15)18-8-7-16/h10-12,16H,3-8H2,1-2H3. The maximum atomic E-state index is 12.1. The van der Waals surface area contributed by atoms with Crippen LogP contribution < -0.4 is 0 Å². The van der Waals surface area contributed by atoms with Gasteiger partial charge >= 0.3 is 0 Å². The lowest BCUT2D eigenvalue weighted by Gasteiger charge is -2.33. The maximum absolute atomic E-state index is 12.1. The molecule has 0 aliphatic carbocycles. The summed E-state index contributed by atoms with van der Waals surface area (Å²) in [5.41, 5.74) is 0. The van der Waals surface area contributed by atoms with Gasteiger partial charge in [0.25, 0.3) is 0 Å². The molecule has 1 amide bonds. The van der Waals surface area contributed by atoms with E-state index in [0.717, 1.165) is 12.8 Å². The number of piperidine rings is 1. The van der Waals surface area contributed by atoms with Crippen molar-refractivity contribution in [3.63, 3.8) is 0 Å². The third-order valence-electron chi connectivity index (χ3n) is 3.27. The van der Waals surface area contributed by atoms with Gasteiger partial charge in [0.2, 0.25) is 5.91 Å². The number of hydrogen-bond donors (Lipinski definition) is 1. The number of rotatable bonds is 5. The van der Waals surface area contributed by atoms with Crippen molar-refractivity contribution < 1.29 is 14.6 Å². The van der Waals surface area contributed by atoms with Crippen molar-refractivity contribution in [3.8, 4) is 6.07 Å². The molecule has 1 aliphatic rings. The van der Waals surface area contributed by atoms with Crippen molar-refractivity contribution in [3.05, 3.63) is 0 Å². The van der Waals surface area contributed by atoms with Crippen molar-refractivity contribution in [2.75, 3.05) is 26.3 Å². The van der Waals surface area contributed by atoms with Crippen LogP contribution in [0.25, 0.3) is 0 Å². The number of carbonyl (C=O) groups excluding carboxylic acids is 1. The molecule has 1 unspecified atom stereocenters. The number of nitrogens with zero attached hydrogens (tertiary/aromatic N) is 2. The average Bonchev–Trinajstić information content (AvgIpc) is 2.37. The first-order valence-electron chi connectivity index (χ1n) is 6.51. The van der Waals surface area contributed by atoms with Gasteiger partial charge in [-0.3, -0.25) is 4.79 Å². The number of nitriles is 1. The highest BCUT2D eigenvalue weighted by Gasteiger charge is 2.30. The Labute approximate surface area is 108 Å². The second kappa shape index (κ2) is 7.34. The molecular formula is C13H22N2O3. The van der Waals surface area contributed by atoms with Crippen LogP contribution in [0.5, 0.6) is 0 Å². The van der Waals surface area contributed by atoms with E-state index in [4.69, 9.17) is 15.1 Å². The smallest absolute Gasteiger partial charge is 0.240 e. The first kappa shape index (κ1) is 14.9. The number of ether oxygens (including phenoxy) is 1. The summed E-state index contributed by atoms with van der Waals surface area (Å²) in [7, 11) is 0. The predicted molar refractivity (Wildman–Crippen MR) is 66.6 cm³/mol. The summed E-state index contributed by atoms with van der Waals surface area (Å²) in [4.78, 5) is 13.9. The average molecular weight is 254 g/mol. The van der Waals surface area contributed by atoms with Crippen molar-refractivity contribution in [1.82, 2.24) is 4.90 Å². The Morgan fingerprint density at radius 1 is 1.50 bits per heavy atom. The molecule has 5 nitrogen and oxygen atoms in total. The van der Waals surface area contributed by atoms with E-state index < -0.39 is 5.92 Å². The van der Waals surface area contributed by atoms with E-state index in [1.807, 2.05) is 13.8 Å². The fourth-order valence-electron chi connectivity index (χ4n) is 2.15. The van der Waals surface area contributed by atoms with Gasteiger partial charge in [0.05, 0.1) is 25.4 Å². The highest BCUT2D eigenvalue weighted by molar-refractivity contribution is 5.81. The largest absolute Gasteiger partial charge is 0.394 e. The molecule has 1 aliphatic heterocycles. The van der Waals surface area contributed by atoms with E-state index in [0.29, 0.717) is 19.7 Å². The molecule has 1 saturated heterocycles. The summed E-state index contributed by atoms with van der Waals surface area (Å²) in [6.45, 7) is 5.44. The van der Waals surface area contributed by atoms with Crippen LogP contribution in [-0.4, -0.2) is 48.3 Å². The van der Waals surface area contributed by atoms with E-state index in [1.165, 1.54) is 0 Å². The summed E-state index contributed by atoms with van der Waals surface area (Å²) in [6.07, 6.45) is 1.69. The van der Waals surface area contributed by atoms with E-state index in [1.54, 1.807) is 4.90 Å². The van der Waals surface area contributed by atoms with Crippen LogP contribution in [0.3, 0.4) is 0 Å². The van der Waals surface area contributed by atoms with Crippen molar-refractivity contribution >= 4 is 5.91 Å². The van der Waals surface area contributed by atoms with Crippen LogP contribution in [0.2, 0.25) is 0 Å². The van der Waals surface area contributed by atoms with Gasteiger partial charge in [0.1, 0.15) is 5.92 Å². The molecule has 102 valence electrons. The first-order valence-corrected chi connectivity index (χ1v) is 6.51. The molecule has 1 heterocycles. The molecule has 18 heavy (non-hydrogen) atoms. The Balaban J connectivity index is 2.43. The molecule has 0 spiro atoms. The van der Waals surface area contributed by atoms with Gasteiger partial charge in [0, 0.05) is 13.1 Å². The van der Waals surface area contributed by atoms with Crippen molar-refractivity contribution in [2.45, 2.75) is 32.8 Å². The summed E-state index contributed by atoms with van der Waals surface area (Å²) in [6, 6.07) is 2.09. The van der Waals surface area contributed by atoms with Gasteiger partial charge in [-0.05, 0) is 18.8 Å². The fraction of sp³-hybridized carbons (Fsp3) is 0.846. The lowest BCUT2D eigenvalue weighted by atomic mass is 9.95. The number of hydrogen-bond acceptors (Lipinski definition) is 4. The molecule has 1 rings (SSSR count). The van der Waals surface area contributed by atoms with Gasteiger partial charge in [0.15, 0.2) is 0 Å². The van der Waals surface area contributed by atoms with E-state index in [2.05, 4.69) is 6.07 Å². The van der Waals surface area contributed by atoms with Crippen LogP contribution >= 0.6 is 0 Å². The summed E-state index contributed by atoms with van der Waals surface area (Å²) in [5.74, 6) is -0.557. The van der Waals surface area contributed by atoms with Crippen LogP contribution in [0, 0.1) is 23.2 Å². The number of likely N-dealkylation sites (tertiary alicyclic amines) is 1. The number of amides is 1. The van der Waals surface area contributed by atoms with Crippen LogP contribution in [0.15, 0.2) is 0 Å². The maximum Gasteiger partial charge on any atom is 0.240 e. The molecule has 0 aromatic heterocycles. The molecule has 0 aromatic rings.